The van der Waals surface area contributed by atoms with Crippen LogP contribution in [0, 0.1) is 28.6 Å². The normalized spacial score (nSPS) is 23.5. The van der Waals surface area contributed by atoms with E-state index >= 15 is 0 Å². The summed E-state index contributed by atoms with van der Waals surface area (Å²) in [7, 11) is 0. The van der Waals surface area contributed by atoms with E-state index in [2.05, 4.69) is 16.0 Å². The van der Waals surface area contributed by atoms with Gasteiger partial charge in [0.1, 0.15) is 30.8 Å². The van der Waals surface area contributed by atoms with Crippen molar-refractivity contribution in [3.8, 4) is 0 Å². The van der Waals surface area contributed by atoms with Crippen molar-refractivity contribution in [3.05, 3.63) is 35.9 Å². The number of hydrogen-bond donors (Lipinski definition) is 4. The number of piperidine rings is 1. The molecule has 0 radical (unpaired) electrons. The molecule has 0 spiro atoms. The second-order valence-electron chi connectivity index (χ2n) is 14.3. The molecule has 1 unspecified atom stereocenters. The zero-order valence-electron chi connectivity index (χ0n) is 27.1. The maximum absolute atomic E-state index is 14.2. The number of hydrogen-bond acceptors (Lipinski definition) is 7. The van der Waals surface area contributed by atoms with Gasteiger partial charge < -0.3 is 31.3 Å². The molecule has 3 fully saturated rings. The molecule has 3 aliphatic rings. The number of nitrogens with zero attached hydrogens (tertiary/aromatic N) is 1. The molecule has 1 saturated heterocycles. The van der Waals surface area contributed by atoms with Crippen LogP contribution in [0.3, 0.4) is 0 Å². The highest BCUT2D eigenvalue weighted by Crippen LogP contribution is 2.65. The minimum atomic E-state index is -1.11. The van der Waals surface area contributed by atoms with Crippen molar-refractivity contribution in [3.63, 3.8) is 0 Å². The van der Waals surface area contributed by atoms with Crippen LogP contribution in [0.1, 0.15) is 72.8 Å². The Morgan fingerprint density at radius 1 is 1.02 bits per heavy atom. The highest BCUT2D eigenvalue weighted by Gasteiger charge is 2.70. The first-order valence-electron chi connectivity index (χ1n) is 15.8. The zero-order chi connectivity index (χ0) is 33.3. The second kappa shape index (κ2) is 13.2. The minimum Gasteiger partial charge on any atom is -0.459 e. The average Bonchev–Trinajstić information content (AvgIpc) is 3.85. The molecule has 5 amide bonds. The van der Waals surface area contributed by atoms with Crippen molar-refractivity contribution in [1.29, 1.82) is 0 Å². The molecular weight excluding hydrogens is 578 g/mol. The number of benzene rings is 1. The summed E-state index contributed by atoms with van der Waals surface area (Å²) in [6, 6.07) is 4.65. The van der Waals surface area contributed by atoms with Gasteiger partial charge in [0, 0.05) is 6.54 Å². The molecule has 0 aromatic heterocycles. The average molecular weight is 626 g/mol. The van der Waals surface area contributed by atoms with Gasteiger partial charge in [-0.1, -0.05) is 78.3 Å². The van der Waals surface area contributed by atoms with Crippen molar-refractivity contribution >= 4 is 35.5 Å². The Morgan fingerprint density at radius 3 is 2.22 bits per heavy atom. The lowest BCUT2D eigenvalue weighted by Crippen LogP contribution is -2.62. The van der Waals surface area contributed by atoms with Crippen LogP contribution in [0.2, 0.25) is 0 Å². The number of fused-ring (bicyclic) bond motifs is 1. The molecule has 1 aliphatic heterocycles. The molecule has 0 bridgehead atoms. The van der Waals surface area contributed by atoms with E-state index in [4.69, 9.17) is 10.5 Å². The van der Waals surface area contributed by atoms with Crippen LogP contribution in [0.15, 0.2) is 30.3 Å². The Morgan fingerprint density at radius 2 is 1.67 bits per heavy atom. The van der Waals surface area contributed by atoms with Crippen molar-refractivity contribution < 1.29 is 33.5 Å². The van der Waals surface area contributed by atoms with Crippen molar-refractivity contribution in [2.45, 2.75) is 98.0 Å². The van der Waals surface area contributed by atoms with Gasteiger partial charge in [-0.15, -0.1) is 0 Å². The molecule has 12 heteroatoms. The molecular formula is C33H47N5O7. The summed E-state index contributed by atoms with van der Waals surface area (Å²) in [6.07, 6.45) is 2.34. The van der Waals surface area contributed by atoms with Gasteiger partial charge in [-0.2, -0.15) is 0 Å². The van der Waals surface area contributed by atoms with E-state index in [1.54, 1.807) is 20.8 Å². The molecule has 6 atom stereocenters. The summed E-state index contributed by atoms with van der Waals surface area (Å²) < 4.78 is 5.45. The van der Waals surface area contributed by atoms with Crippen LogP contribution in [-0.4, -0.2) is 71.1 Å². The number of likely N-dealkylation sites (tertiary alicyclic amines) is 1. The molecule has 1 heterocycles. The van der Waals surface area contributed by atoms with Gasteiger partial charge in [0.25, 0.3) is 5.91 Å². The molecule has 2 saturated carbocycles. The number of rotatable bonds is 13. The number of nitrogens with one attached hydrogen (secondary N) is 3. The summed E-state index contributed by atoms with van der Waals surface area (Å²) in [5, 5.41) is 8.19. The Bertz CT molecular complexity index is 1320. The zero-order valence-corrected chi connectivity index (χ0v) is 27.1. The first-order chi connectivity index (χ1) is 21.1. The number of ether oxygens (including phenoxy) is 1. The molecule has 4 rings (SSSR count). The number of urea groups is 1. The summed E-state index contributed by atoms with van der Waals surface area (Å²) in [6.45, 7) is 11.7. The van der Waals surface area contributed by atoms with Gasteiger partial charge in [0.2, 0.25) is 17.6 Å². The molecule has 1 aromatic carbocycles. The van der Waals surface area contributed by atoms with Crippen molar-refractivity contribution in [2.75, 3.05) is 6.54 Å². The Labute approximate surface area is 264 Å². The second-order valence-corrected chi connectivity index (χ2v) is 14.3. The number of carbonyl (C=O) groups is 6. The summed E-state index contributed by atoms with van der Waals surface area (Å²) in [5.41, 5.74) is 5.12. The van der Waals surface area contributed by atoms with Crippen LogP contribution >= 0.6 is 0 Å². The largest absolute Gasteiger partial charge is 0.459 e. The molecule has 1 aromatic rings. The number of carbonyl (C=O) groups excluding carboxylic acids is 6. The van der Waals surface area contributed by atoms with E-state index in [1.165, 1.54) is 4.90 Å². The predicted octanol–water partition coefficient (Wildman–Crippen LogP) is 2.04. The fourth-order valence-corrected chi connectivity index (χ4v) is 6.54. The lowest BCUT2D eigenvalue weighted by molar-refractivity contribution is -0.147. The van der Waals surface area contributed by atoms with Gasteiger partial charge in [-0.25, -0.2) is 9.59 Å². The van der Waals surface area contributed by atoms with E-state index in [-0.39, 0.29) is 29.8 Å². The molecule has 2 aliphatic carbocycles. The fourth-order valence-electron chi connectivity index (χ4n) is 6.54. The Kier molecular flexibility index (Phi) is 9.94. The van der Waals surface area contributed by atoms with E-state index < -0.39 is 65.1 Å². The lowest BCUT2D eigenvalue weighted by Gasteiger charge is -2.38. The van der Waals surface area contributed by atoms with Gasteiger partial charge in [-0.05, 0) is 53.4 Å². The molecule has 246 valence electrons. The third-order valence-corrected chi connectivity index (χ3v) is 9.46. The summed E-state index contributed by atoms with van der Waals surface area (Å²) in [4.78, 5) is 79.7. The quantitative estimate of drug-likeness (QED) is 0.191. The van der Waals surface area contributed by atoms with Gasteiger partial charge in [-0.3, -0.25) is 19.2 Å². The SMILES string of the molecule is CCC[C@H](NC(=O)N[C@H](C(=O)N1C[C@H]2[C@@H]([C@H]1C(=O)NC(C(=O)C(N)=O)C1CC1)C2(C)C)C(C)(C)C)C(=O)OCc1ccccc1. The fraction of sp³-hybridized carbons (Fsp3) is 0.636. The van der Waals surface area contributed by atoms with Crippen LogP contribution in [0.4, 0.5) is 4.79 Å². The monoisotopic (exact) mass is 625 g/mol. The third kappa shape index (κ3) is 7.65. The van der Waals surface area contributed by atoms with Crippen LogP contribution < -0.4 is 21.7 Å². The van der Waals surface area contributed by atoms with Crippen molar-refractivity contribution in [2.24, 2.45) is 34.3 Å². The first-order valence-corrected chi connectivity index (χ1v) is 15.8. The minimum absolute atomic E-state index is 0.0613. The van der Waals surface area contributed by atoms with Crippen molar-refractivity contribution in [1.82, 2.24) is 20.9 Å². The topological polar surface area (TPSA) is 177 Å². The predicted molar refractivity (Wildman–Crippen MR) is 165 cm³/mol. The number of primary amides is 1. The summed E-state index contributed by atoms with van der Waals surface area (Å²) in [5.74, 6) is -3.72. The molecule has 12 nitrogen and oxygen atoms in total. The number of nitrogens with two attached hydrogens (primary N) is 1. The highest BCUT2D eigenvalue weighted by atomic mass is 16.5. The van der Waals surface area contributed by atoms with E-state index in [9.17, 15) is 28.8 Å². The number of ketones is 1. The lowest BCUT2D eigenvalue weighted by atomic mass is 9.85. The Hall–Kier alpha value is -3.96. The highest BCUT2D eigenvalue weighted by molar-refractivity contribution is 6.38. The maximum Gasteiger partial charge on any atom is 0.329 e. The van der Waals surface area contributed by atoms with Gasteiger partial charge >= 0.3 is 12.0 Å². The number of Topliss-reactive ketones (excluding diaryl/α,β-unsaturated/α-hetero) is 1. The number of esters is 1. The molecule has 45 heavy (non-hydrogen) atoms. The van der Waals surface area contributed by atoms with E-state index in [0.717, 1.165) is 5.56 Å². The molecule has 5 N–H and O–H groups in total. The van der Waals surface area contributed by atoms with Gasteiger partial charge in [0.15, 0.2) is 0 Å². The first kappa shape index (κ1) is 33.9. The summed E-state index contributed by atoms with van der Waals surface area (Å²) >= 11 is 0. The smallest absolute Gasteiger partial charge is 0.329 e. The van der Waals surface area contributed by atoms with Gasteiger partial charge in [0.05, 0.1) is 0 Å². The third-order valence-electron chi connectivity index (χ3n) is 9.46. The van der Waals surface area contributed by atoms with Crippen LogP contribution in [0.25, 0.3) is 0 Å². The van der Waals surface area contributed by atoms with E-state index in [1.807, 2.05) is 51.1 Å². The number of amides is 5. The van der Waals surface area contributed by atoms with E-state index in [0.29, 0.717) is 32.2 Å². The van der Waals surface area contributed by atoms with Crippen LogP contribution in [0.5, 0.6) is 0 Å². The maximum atomic E-state index is 14.2. The standard InChI is InChI=1S/C33H47N5O7/c1-7-11-21(30(43)45-17-18-12-9-8-10-13-18)35-31(44)37-26(32(2,3)4)29(42)38-16-20-22(33(20,5)6)24(38)28(41)36-23(19-14-15-19)25(39)27(34)40/h8-10,12-13,19-24,26H,7,11,14-17H2,1-6H3,(H2,34,40)(H,36,41)(H2,35,37,44)/t20-,21-,22-,23?,24-,26+/m0/s1. The Balaban J connectivity index is 1.47. The van der Waals surface area contributed by atoms with Crippen LogP contribution in [-0.2, 0) is 35.3 Å².